The van der Waals surface area contributed by atoms with Gasteiger partial charge in [-0.3, -0.25) is 10.1 Å². The number of nitro groups is 1. The molecule has 0 bridgehead atoms. The minimum absolute atomic E-state index is 0.193. The summed E-state index contributed by atoms with van der Waals surface area (Å²) in [5, 5.41) is 10.2. The number of nitrogens with two attached hydrogens (primary N) is 1. The third kappa shape index (κ3) is 1.34. The predicted octanol–water partition coefficient (Wildman–Crippen LogP) is 1.62. The molecule has 0 heterocycles. The number of hydrogen-bond acceptors (Lipinski definition) is 3. The summed E-state index contributed by atoms with van der Waals surface area (Å²) in [5.74, 6) is -0.967. The molecular formula is C7H7FN2O2. The molecule has 0 atom stereocenters. The Balaban J connectivity index is 3.37. The van der Waals surface area contributed by atoms with E-state index in [2.05, 4.69) is 0 Å². The van der Waals surface area contributed by atoms with Crippen molar-refractivity contribution in [2.45, 2.75) is 6.92 Å². The van der Waals surface area contributed by atoms with Gasteiger partial charge >= 0.3 is 5.69 Å². The van der Waals surface area contributed by atoms with Crippen LogP contribution >= 0.6 is 0 Å². The molecule has 0 saturated carbocycles. The lowest BCUT2D eigenvalue weighted by Gasteiger charge is -1.99. The van der Waals surface area contributed by atoms with Crippen molar-refractivity contribution >= 4 is 11.4 Å². The lowest BCUT2D eigenvalue weighted by Crippen LogP contribution is -1.98. The van der Waals surface area contributed by atoms with Crippen molar-refractivity contribution in [1.29, 1.82) is 0 Å². The Hall–Kier alpha value is -1.65. The fourth-order valence-electron chi connectivity index (χ4n) is 0.910. The van der Waals surface area contributed by atoms with Gasteiger partial charge in [0, 0.05) is 6.07 Å². The summed E-state index contributed by atoms with van der Waals surface area (Å²) in [4.78, 5) is 9.44. The van der Waals surface area contributed by atoms with E-state index < -0.39 is 16.4 Å². The van der Waals surface area contributed by atoms with Crippen molar-refractivity contribution in [3.05, 3.63) is 33.6 Å². The predicted molar refractivity (Wildman–Crippen MR) is 42.2 cm³/mol. The number of nitrogens with zero attached hydrogens (tertiary/aromatic N) is 1. The zero-order valence-electron chi connectivity index (χ0n) is 6.37. The number of hydrogen-bond donors (Lipinski definition) is 1. The maximum absolute atomic E-state index is 12.9. The Kier molecular flexibility index (Phi) is 1.95. The minimum Gasteiger partial charge on any atom is -0.396 e. The van der Waals surface area contributed by atoms with Crippen molar-refractivity contribution < 1.29 is 9.31 Å². The maximum atomic E-state index is 12.9. The van der Waals surface area contributed by atoms with Gasteiger partial charge in [0.15, 0.2) is 0 Å². The van der Waals surface area contributed by atoms with Gasteiger partial charge in [-0.2, -0.15) is 4.39 Å². The Labute approximate surface area is 68.0 Å². The van der Waals surface area contributed by atoms with Crippen LogP contribution in [0.4, 0.5) is 15.8 Å². The first-order valence-electron chi connectivity index (χ1n) is 3.22. The SMILES string of the molecule is Cc1cc(N)c(F)c([N+](=O)[O-])c1. The van der Waals surface area contributed by atoms with Crippen molar-refractivity contribution in [1.82, 2.24) is 0 Å². The van der Waals surface area contributed by atoms with E-state index in [9.17, 15) is 14.5 Å². The van der Waals surface area contributed by atoms with Gasteiger partial charge in [-0.15, -0.1) is 0 Å². The molecule has 0 fully saturated rings. The van der Waals surface area contributed by atoms with Gasteiger partial charge in [-0.25, -0.2) is 0 Å². The summed E-state index contributed by atoms with van der Waals surface area (Å²) >= 11 is 0. The quantitative estimate of drug-likeness (QED) is 0.395. The molecule has 4 nitrogen and oxygen atoms in total. The van der Waals surface area contributed by atoms with Gasteiger partial charge in [0.05, 0.1) is 10.6 Å². The highest BCUT2D eigenvalue weighted by Gasteiger charge is 2.16. The normalized spacial score (nSPS) is 9.83. The third-order valence-electron chi connectivity index (χ3n) is 1.42. The zero-order chi connectivity index (χ0) is 9.30. The van der Waals surface area contributed by atoms with Crippen molar-refractivity contribution in [3.8, 4) is 0 Å². The van der Waals surface area contributed by atoms with Crippen LogP contribution in [0.3, 0.4) is 0 Å². The summed E-state index contributed by atoms with van der Waals surface area (Å²) in [6.45, 7) is 1.61. The number of aryl methyl sites for hydroxylation is 1. The standard InChI is InChI=1S/C7H7FN2O2/c1-4-2-5(9)7(8)6(3-4)10(11)12/h2-3H,9H2,1H3. The topological polar surface area (TPSA) is 69.2 Å². The average molecular weight is 170 g/mol. The van der Waals surface area contributed by atoms with Crippen LogP contribution in [0.1, 0.15) is 5.56 Å². The maximum Gasteiger partial charge on any atom is 0.307 e. The molecule has 0 spiro atoms. The first-order chi connectivity index (χ1) is 5.52. The summed E-state index contributed by atoms with van der Waals surface area (Å²) in [6.07, 6.45) is 0. The molecule has 0 radical (unpaired) electrons. The summed E-state index contributed by atoms with van der Waals surface area (Å²) in [6, 6.07) is 2.49. The fourth-order valence-corrected chi connectivity index (χ4v) is 0.910. The molecule has 5 heteroatoms. The zero-order valence-corrected chi connectivity index (χ0v) is 6.37. The molecule has 1 aromatic carbocycles. The molecule has 0 aliphatic carbocycles. The summed E-state index contributed by atoms with van der Waals surface area (Å²) in [7, 11) is 0. The van der Waals surface area contributed by atoms with Crippen LogP contribution in [0, 0.1) is 22.9 Å². The van der Waals surface area contributed by atoms with Crippen molar-refractivity contribution in [2.24, 2.45) is 0 Å². The van der Waals surface area contributed by atoms with E-state index in [0.29, 0.717) is 5.56 Å². The number of nitro benzene ring substituents is 1. The molecule has 0 unspecified atom stereocenters. The molecule has 12 heavy (non-hydrogen) atoms. The Morgan fingerprint density at radius 3 is 2.67 bits per heavy atom. The molecule has 0 amide bonds. The molecule has 0 saturated heterocycles. The van der Waals surface area contributed by atoms with Crippen molar-refractivity contribution in [3.63, 3.8) is 0 Å². The van der Waals surface area contributed by atoms with E-state index in [-0.39, 0.29) is 5.69 Å². The van der Waals surface area contributed by atoms with E-state index in [4.69, 9.17) is 5.73 Å². The molecule has 0 aromatic heterocycles. The first kappa shape index (κ1) is 8.45. The molecular weight excluding hydrogens is 163 g/mol. The van der Waals surface area contributed by atoms with E-state index in [0.717, 1.165) is 6.07 Å². The Morgan fingerprint density at radius 2 is 2.17 bits per heavy atom. The molecule has 64 valence electrons. The third-order valence-corrected chi connectivity index (χ3v) is 1.42. The van der Waals surface area contributed by atoms with Crippen molar-refractivity contribution in [2.75, 3.05) is 5.73 Å². The van der Waals surface area contributed by atoms with Gasteiger partial charge < -0.3 is 5.73 Å². The average Bonchev–Trinajstić information content (AvgIpc) is 1.96. The van der Waals surface area contributed by atoms with Crippen LogP contribution in [0.15, 0.2) is 12.1 Å². The number of nitrogen functional groups attached to an aromatic ring is 1. The van der Waals surface area contributed by atoms with Gasteiger partial charge in [-0.1, -0.05) is 0 Å². The second-order valence-electron chi connectivity index (χ2n) is 2.44. The highest BCUT2D eigenvalue weighted by atomic mass is 19.1. The van der Waals surface area contributed by atoms with E-state index in [1.54, 1.807) is 6.92 Å². The number of halogens is 1. The molecule has 1 aromatic rings. The van der Waals surface area contributed by atoms with Gasteiger partial charge in [0.1, 0.15) is 0 Å². The molecule has 2 N–H and O–H groups in total. The molecule has 1 rings (SSSR count). The lowest BCUT2D eigenvalue weighted by molar-refractivity contribution is -0.387. The van der Waals surface area contributed by atoms with Crippen LogP contribution in [-0.4, -0.2) is 4.92 Å². The van der Waals surface area contributed by atoms with Crippen LogP contribution in [0.25, 0.3) is 0 Å². The van der Waals surface area contributed by atoms with Crippen LogP contribution in [-0.2, 0) is 0 Å². The second kappa shape index (κ2) is 2.77. The van der Waals surface area contributed by atoms with Crippen LogP contribution in [0.5, 0.6) is 0 Å². The highest BCUT2D eigenvalue weighted by molar-refractivity contribution is 5.52. The van der Waals surface area contributed by atoms with E-state index in [1.807, 2.05) is 0 Å². The summed E-state index contributed by atoms with van der Waals surface area (Å²) in [5.41, 5.74) is 4.98. The molecule has 0 aliphatic rings. The minimum atomic E-state index is -0.967. The van der Waals surface area contributed by atoms with Gasteiger partial charge in [0.25, 0.3) is 0 Å². The van der Waals surface area contributed by atoms with Gasteiger partial charge in [0.2, 0.25) is 5.82 Å². The number of rotatable bonds is 1. The Morgan fingerprint density at radius 1 is 1.58 bits per heavy atom. The van der Waals surface area contributed by atoms with Crippen LogP contribution in [0.2, 0.25) is 0 Å². The first-order valence-corrected chi connectivity index (χ1v) is 3.22. The highest BCUT2D eigenvalue weighted by Crippen LogP contribution is 2.23. The second-order valence-corrected chi connectivity index (χ2v) is 2.44. The van der Waals surface area contributed by atoms with Gasteiger partial charge in [-0.05, 0) is 18.6 Å². The number of benzene rings is 1. The smallest absolute Gasteiger partial charge is 0.307 e. The Bertz CT molecular complexity index is 338. The monoisotopic (exact) mass is 170 g/mol. The summed E-state index contributed by atoms with van der Waals surface area (Å²) < 4.78 is 12.9. The fraction of sp³-hybridized carbons (Fsp3) is 0.143. The lowest BCUT2D eigenvalue weighted by atomic mass is 10.2. The molecule has 0 aliphatic heterocycles. The number of anilines is 1. The van der Waals surface area contributed by atoms with E-state index in [1.165, 1.54) is 6.07 Å². The largest absolute Gasteiger partial charge is 0.396 e. The van der Waals surface area contributed by atoms with E-state index >= 15 is 0 Å². The van der Waals surface area contributed by atoms with Crippen LogP contribution < -0.4 is 5.73 Å².